The van der Waals surface area contributed by atoms with Gasteiger partial charge in [0, 0.05) is 25.7 Å². The topological polar surface area (TPSA) is 41.6 Å². The summed E-state index contributed by atoms with van der Waals surface area (Å²) in [5.74, 6) is -0.226. The molecule has 0 saturated carbocycles. The van der Waals surface area contributed by atoms with Crippen molar-refractivity contribution in [2.45, 2.75) is 52.2 Å². The van der Waals surface area contributed by atoms with Gasteiger partial charge in [0.05, 0.1) is 0 Å². The molecule has 1 fully saturated rings. The molecule has 5 heteroatoms. The molecule has 1 aliphatic heterocycles. The molecule has 1 aromatic carbocycles. The molecule has 1 saturated heterocycles. The lowest BCUT2D eigenvalue weighted by atomic mass is 10.1. The zero-order valence-electron chi connectivity index (χ0n) is 15.6. The molecule has 2 rings (SSSR count). The molecule has 1 aliphatic rings. The van der Waals surface area contributed by atoms with Gasteiger partial charge in [-0.1, -0.05) is 23.8 Å². The van der Waals surface area contributed by atoms with Crippen molar-refractivity contribution in [3.05, 3.63) is 41.2 Å². The molecule has 0 bridgehead atoms. The van der Waals surface area contributed by atoms with E-state index < -0.39 is 5.60 Å². The Hall–Kier alpha value is -1.88. The van der Waals surface area contributed by atoms with E-state index in [0.717, 1.165) is 43.6 Å². The van der Waals surface area contributed by atoms with E-state index in [-0.39, 0.29) is 18.0 Å². The largest absolute Gasteiger partial charge is 0.444 e. The second kappa shape index (κ2) is 8.48. The lowest BCUT2D eigenvalue weighted by molar-refractivity contribution is 0.0227. The molecule has 0 aliphatic carbocycles. The van der Waals surface area contributed by atoms with Crippen LogP contribution in [0.25, 0.3) is 6.08 Å². The minimum absolute atomic E-state index is 0.175. The van der Waals surface area contributed by atoms with E-state index in [0.29, 0.717) is 0 Å². The summed E-state index contributed by atoms with van der Waals surface area (Å²) < 4.78 is 18.4. The monoisotopic (exact) mass is 348 g/mol. The maximum Gasteiger partial charge on any atom is 0.410 e. The quantitative estimate of drug-likeness (QED) is 0.866. The number of ether oxygens (including phenoxy) is 1. The summed E-state index contributed by atoms with van der Waals surface area (Å²) in [6.45, 7) is 9.93. The highest BCUT2D eigenvalue weighted by atomic mass is 19.1. The molecular weight excluding hydrogens is 319 g/mol. The fourth-order valence-electron chi connectivity index (χ4n) is 2.94. The summed E-state index contributed by atoms with van der Waals surface area (Å²) in [5.41, 5.74) is 1.68. The van der Waals surface area contributed by atoms with Gasteiger partial charge in [0.1, 0.15) is 11.4 Å². The first kappa shape index (κ1) is 19.4. The van der Waals surface area contributed by atoms with Crippen molar-refractivity contribution in [3.63, 3.8) is 0 Å². The average Bonchev–Trinajstić information content (AvgIpc) is 2.96. The number of hydrogen-bond donors (Lipinski definition) is 1. The van der Waals surface area contributed by atoms with Crippen molar-refractivity contribution in [2.75, 3.05) is 19.6 Å². The van der Waals surface area contributed by atoms with Gasteiger partial charge in [-0.05, 0) is 58.2 Å². The maximum absolute atomic E-state index is 12.9. The number of halogens is 1. The van der Waals surface area contributed by atoms with Crippen molar-refractivity contribution in [2.24, 2.45) is 0 Å². The van der Waals surface area contributed by atoms with E-state index >= 15 is 0 Å². The lowest BCUT2D eigenvalue weighted by Gasteiger charge is -2.28. The zero-order valence-corrected chi connectivity index (χ0v) is 15.6. The Morgan fingerprint density at radius 2 is 2.04 bits per heavy atom. The Kier molecular flexibility index (Phi) is 6.59. The van der Waals surface area contributed by atoms with Crippen LogP contribution >= 0.6 is 0 Å². The molecule has 1 heterocycles. The van der Waals surface area contributed by atoms with Gasteiger partial charge < -0.3 is 15.0 Å². The Morgan fingerprint density at radius 1 is 1.36 bits per heavy atom. The van der Waals surface area contributed by atoms with Gasteiger partial charge in [-0.3, -0.25) is 0 Å². The molecule has 4 nitrogen and oxygen atoms in total. The third-order valence-corrected chi connectivity index (χ3v) is 4.07. The molecule has 138 valence electrons. The summed E-state index contributed by atoms with van der Waals surface area (Å²) in [5, 5.41) is 3.41. The van der Waals surface area contributed by atoms with Crippen LogP contribution in [0.5, 0.6) is 0 Å². The summed E-state index contributed by atoms with van der Waals surface area (Å²) >= 11 is 0. The Labute approximate surface area is 150 Å². The molecule has 1 unspecified atom stereocenters. The van der Waals surface area contributed by atoms with E-state index in [1.165, 1.54) is 12.1 Å². The van der Waals surface area contributed by atoms with E-state index in [1.807, 2.05) is 38.7 Å². The van der Waals surface area contributed by atoms with Crippen molar-refractivity contribution in [3.8, 4) is 0 Å². The highest BCUT2D eigenvalue weighted by Crippen LogP contribution is 2.20. The minimum Gasteiger partial charge on any atom is -0.444 e. The normalized spacial score (nSPS) is 18.5. The van der Waals surface area contributed by atoms with Crippen molar-refractivity contribution in [1.82, 2.24) is 10.2 Å². The first-order chi connectivity index (χ1) is 11.7. The summed E-state index contributed by atoms with van der Waals surface area (Å²) in [6, 6.07) is 6.63. The highest BCUT2D eigenvalue weighted by molar-refractivity contribution is 5.69. The van der Waals surface area contributed by atoms with Crippen molar-refractivity contribution in [1.29, 1.82) is 0 Å². The van der Waals surface area contributed by atoms with Crippen LogP contribution in [-0.2, 0) is 4.74 Å². The zero-order chi connectivity index (χ0) is 18.4. The van der Waals surface area contributed by atoms with Crippen molar-refractivity contribution < 1.29 is 13.9 Å². The molecular formula is C20H29FN2O2. The van der Waals surface area contributed by atoms with Crippen LogP contribution in [0.3, 0.4) is 0 Å². The number of likely N-dealkylation sites (tertiary alicyclic amines) is 1. The third kappa shape index (κ3) is 6.50. The molecule has 1 atom stereocenters. The third-order valence-electron chi connectivity index (χ3n) is 4.07. The molecule has 25 heavy (non-hydrogen) atoms. The number of carbonyl (C=O) groups is 1. The summed E-state index contributed by atoms with van der Waals surface area (Å²) in [7, 11) is 0. The number of nitrogens with one attached hydrogen (secondary N) is 1. The number of nitrogens with zero attached hydrogens (tertiary/aromatic N) is 1. The first-order valence-electron chi connectivity index (χ1n) is 8.88. The molecule has 1 N–H and O–H groups in total. The van der Waals surface area contributed by atoms with E-state index in [2.05, 4.69) is 5.32 Å². The number of amides is 1. The van der Waals surface area contributed by atoms with Gasteiger partial charge in [0.25, 0.3) is 0 Å². The number of benzene rings is 1. The van der Waals surface area contributed by atoms with E-state index in [9.17, 15) is 9.18 Å². The first-order valence-corrected chi connectivity index (χ1v) is 8.88. The smallest absolute Gasteiger partial charge is 0.410 e. The highest BCUT2D eigenvalue weighted by Gasteiger charge is 2.31. The van der Waals surface area contributed by atoms with Gasteiger partial charge in [0.15, 0.2) is 0 Å². The van der Waals surface area contributed by atoms with Crippen LogP contribution in [0.15, 0.2) is 29.8 Å². The van der Waals surface area contributed by atoms with E-state index in [4.69, 9.17) is 4.74 Å². The van der Waals surface area contributed by atoms with E-state index in [1.54, 1.807) is 12.1 Å². The number of carbonyl (C=O) groups excluding carboxylic acids is 1. The van der Waals surface area contributed by atoms with Gasteiger partial charge in [-0.2, -0.15) is 0 Å². The molecule has 0 aromatic heterocycles. The van der Waals surface area contributed by atoms with Gasteiger partial charge in [0.2, 0.25) is 0 Å². The molecule has 1 amide bonds. The number of rotatable bonds is 5. The van der Waals surface area contributed by atoms with Crippen LogP contribution in [0, 0.1) is 5.82 Å². The lowest BCUT2D eigenvalue weighted by Crippen LogP contribution is -2.44. The molecule has 1 aromatic rings. The SMILES string of the molecule is CC(=Cc1ccc(F)cc1)CNCC1CCCN1C(=O)OC(C)(C)C. The van der Waals surface area contributed by atoms with Gasteiger partial charge in [-0.15, -0.1) is 0 Å². The van der Waals surface area contributed by atoms with Crippen LogP contribution in [-0.4, -0.2) is 42.3 Å². The number of hydrogen-bond acceptors (Lipinski definition) is 3. The van der Waals surface area contributed by atoms with Crippen LogP contribution in [0.1, 0.15) is 46.1 Å². The Morgan fingerprint density at radius 3 is 2.68 bits per heavy atom. The maximum atomic E-state index is 12.9. The Balaban J connectivity index is 1.81. The second-order valence-corrected chi connectivity index (χ2v) is 7.64. The fraction of sp³-hybridized carbons (Fsp3) is 0.550. The summed E-state index contributed by atoms with van der Waals surface area (Å²) in [6.07, 6.45) is 3.81. The predicted molar refractivity (Wildman–Crippen MR) is 98.9 cm³/mol. The van der Waals surface area contributed by atoms with Crippen molar-refractivity contribution >= 4 is 12.2 Å². The second-order valence-electron chi connectivity index (χ2n) is 7.64. The van der Waals surface area contributed by atoms with Crippen LogP contribution in [0.2, 0.25) is 0 Å². The fourth-order valence-corrected chi connectivity index (χ4v) is 2.94. The van der Waals surface area contributed by atoms with Crippen LogP contribution in [0.4, 0.5) is 9.18 Å². The Bertz CT molecular complexity index is 605. The predicted octanol–water partition coefficient (Wildman–Crippen LogP) is 4.22. The molecule has 0 radical (unpaired) electrons. The summed E-state index contributed by atoms with van der Waals surface area (Å²) in [4.78, 5) is 14.1. The van der Waals surface area contributed by atoms with Gasteiger partial charge in [-0.25, -0.2) is 9.18 Å². The van der Waals surface area contributed by atoms with Gasteiger partial charge >= 0.3 is 6.09 Å². The average molecular weight is 348 g/mol. The van der Waals surface area contributed by atoms with Crippen LogP contribution < -0.4 is 5.32 Å². The standard InChI is InChI=1S/C20H29FN2O2/c1-15(12-16-7-9-17(21)10-8-16)13-22-14-18-6-5-11-23(18)19(24)25-20(2,3)4/h7-10,12,18,22H,5-6,11,13-14H2,1-4H3. The molecule has 0 spiro atoms. The minimum atomic E-state index is -0.466.